The Balaban J connectivity index is 1.55. The highest BCUT2D eigenvalue weighted by molar-refractivity contribution is 5.96. The van der Waals surface area contributed by atoms with Gasteiger partial charge in [0.25, 0.3) is 0 Å². The van der Waals surface area contributed by atoms with E-state index >= 15 is 0 Å². The number of hydrogen-bond acceptors (Lipinski definition) is 3. The molecule has 1 saturated heterocycles. The van der Waals surface area contributed by atoms with E-state index in [2.05, 4.69) is 5.32 Å². The van der Waals surface area contributed by atoms with Crippen molar-refractivity contribution in [2.45, 2.75) is 38.2 Å². The first kappa shape index (κ1) is 15.0. The lowest BCUT2D eigenvalue weighted by Crippen LogP contribution is -2.42. The van der Waals surface area contributed by atoms with E-state index in [9.17, 15) is 14.7 Å². The molecule has 2 aliphatic heterocycles. The molecule has 0 saturated carbocycles. The van der Waals surface area contributed by atoms with Crippen LogP contribution in [-0.4, -0.2) is 41.0 Å². The molecule has 0 radical (unpaired) electrons. The van der Waals surface area contributed by atoms with E-state index in [1.807, 2.05) is 24.3 Å². The number of benzene rings is 1. The number of anilines is 1. The Labute approximate surface area is 130 Å². The number of carbonyl (C=O) groups is 2. The molecule has 1 aromatic carbocycles. The smallest absolute Gasteiger partial charge is 0.227 e. The molecule has 1 fully saturated rings. The van der Waals surface area contributed by atoms with Crippen molar-refractivity contribution in [1.82, 2.24) is 4.90 Å². The molecule has 2 amide bonds. The molecule has 1 aromatic rings. The quantitative estimate of drug-likeness (QED) is 0.890. The van der Waals surface area contributed by atoms with E-state index in [1.54, 1.807) is 4.90 Å². The fourth-order valence-electron chi connectivity index (χ4n) is 3.28. The molecule has 2 heterocycles. The Morgan fingerprint density at radius 1 is 1.36 bits per heavy atom. The van der Waals surface area contributed by atoms with Crippen LogP contribution in [0.3, 0.4) is 0 Å². The molecule has 0 aromatic heterocycles. The van der Waals surface area contributed by atoms with E-state index in [0.717, 1.165) is 30.6 Å². The third kappa shape index (κ3) is 3.30. The van der Waals surface area contributed by atoms with Gasteiger partial charge in [-0.2, -0.15) is 0 Å². The van der Waals surface area contributed by atoms with E-state index in [4.69, 9.17) is 0 Å². The van der Waals surface area contributed by atoms with Gasteiger partial charge in [0.15, 0.2) is 0 Å². The zero-order valence-electron chi connectivity index (χ0n) is 12.6. The second-order valence-corrected chi connectivity index (χ2v) is 6.22. The van der Waals surface area contributed by atoms with Crippen LogP contribution < -0.4 is 5.32 Å². The summed E-state index contributed by atoms with van der Waals surface area (Å²) >= 11 is 0. The van der Waals surface area contributed by atoms with Crippen LogP contribution in [0.5, 0.6) is 0 Å². The highest BCUT2D eigenvalue weighted by atomic mass is 16.3. The van der Waals surface area contributed by atoms with Crippen LogP contribution in [0.1, 0.15) is 31.2 Å². The van der Waals surface area contributed by atoms with Crippen molar-refractivity contribution in [3.8, 4) is 0 Å². The summed E-state index contributed by atoms with van der Waals surface area (Å²) in [6, 6.07) is 7.80. The molecular weight excluding hydrogens is 280 g/mol. The average molecular weight is 302 g/mol. The summed E-state index contributed by atoms with van der Waals surface area (Å²) < 4.78 is 0. The SMILES string of the molecule is O=C1Nc2ccccc2C[C@H]1CCC(=O)N1CCC[C@H](O)C1. The molecule has 2 aliphatic rings. The standard InChI is InChI=1S/C17H22N2O3/c20-14-5-3-9-19(11-14)16(21)8-7-13-10-12-4-1-2-6-15(12)18-17(13)22/h1-2,4,6,13-14,20H,3,5,7-11H2,(H,18,22)/t13-,14+/m1/s1. The van der Waals surface area contributed by atoms with Crippen molar-refractivity contribution >= 4 is 17.5 Å². The summed E-state index contributed by atoms with van der Waals surface area (Å²) in [6.07, 6.45) is 2.84. The zero-order valence-corrected chi connectivity index (χ0v) is 12.6. The summed E-state index contributed by atoms with van der Waals surface area (Å²) in [6.45, 7) is 1.15. The molecule has 0 unspecified atom stereocenters. The van der Waals surface area contributed by atoms with Crippen LogP contribution in [0.15, 0.2) is 24.3 Å². The Kier molecular flexibility index (Phi) is 4.43. The lowest BCUT2D eigenvalue weighted by Gasteiger charge is -2.31. The predicted molar refractivity (Wildman–Crippen MR) is 83.3 cm³/mol. The normalized spacial score (nSPS) is 24.6. The molecule has 22 heavy (non-hydrogen) atoms. The van der Waals surface area contributed by atoms with Crippen LogP contribution in [0.25, 0.3) is 0 Å². The number of nitrogens with one attached hydrogen (secondary N) is 1. The van der Waals surface area contributed by atoms with Gasteiger partial charge in [0.1, 0.15) is 0 Å². The number of carbonyl (C=O) groups excluding carboxylic acids is 2. The van der Waals surface area contributed by atoms with Crippen LogP contribution >= 0.6 is 0 Å². The van der Waals surface area contributed by atoms with Gasteiger partial charge in [-0.15, -0.1) is 0 Å². The van der Waals surface area contributed by atoms with Crippen molar-refractivity contribution in [1.29, 1.82) is 0 Å². The van der Waals surface area contributed by atoms with E-state index in [1.165, 1.54) is 0 Å². The number of amides is 2. The first-order valence-electron chi connectivity index (χ1n) is 7.98. The van der Waals surface area contributed by atoms with Gasteiger partial charge in [-0.05, 0) is 37.3 Å². The minimum Gasteiger partial charge on any atom is -0.391 e. The molecule has 3 rings (SSSR count). The summed E-state index contributed by atoms with van der Waals surface area (Å²) in [5, 5.41) is 12.6. The fraction of sp³-hybridized carbons (Fsp3) is 0.529. The minimum atomic E-state index is -0.400. The molecule has 5 nitrogen and oxygen atoms in total. The molecule has 0 bridgehead atoms. The number of fused-ring (bicyclic) bond motifs is 1. The maximum atomic E-state index is 12.2. The number of β-amino-alcohol motifs (C(OH)–C–C–N with tert-alkyl or cyclic N) is 1. The molecule has 2 atom stereocenters. The number of para-hydroxylation sites is 1. The van der Waals surface area contributed by atoms with Crippen molar-refractivity contribution in [2.75, 3.05) is 18.4 Å². The number of nitrogens with zero attached hydrogens (tertiary/aromatic N) is 1. The predicted octanol–water partition coefficient (Wildman–Crippen LogP) is 1.56. The van der Waals surface area contributed by atoms with Crippen LogP contribution in [0.2, 0.25) is 0 Å². The van der Waals surface area contributed by atoms with Crippen molar-refractivity contribution in [2.24, 2.45) is 5.92 Å². The highest BCUT2D eigenvalue weighted by Gasteiger charge is 2.28. The van der Waals surface area contributed by atoms with Gasteiger partial charge in [0, 0.05) is 31.1 Å². The lowest BCUT2D eigenvalue weighted by atomic mass is 9.89. The van der Waals surface area contributed by atoms with Crippen LogP contribution in [0, 0.1) is 5.92 Å². The lowest BCUT2D eigenvalue weighted by molar-refractivity contribution is -0.134. The van der Waals surface area contributed by atoms with Crippen molar-refractivity contribution in [3.05, 3.63) is 29.8 Å². The number of piperidine rings is 1. The molecular formula is C17H22N2O3. The van der Waals surface area contributed by atoms with Gasteiger partial charge in [0.05, 0.1) is 6.10 Å². The van der Waals surface area contributed by atoms with E-state index in [-0.39, 0.29) is 17.7 Å². The molecule has 2 N–H and O–H groups in total. The molecule has 5 heteroatoms. The molecule has 0 spiro atoms. The average Bonchev–Trinajstić information content (AvgIpc) is 2.52. The van der Waals surface area contributed by atoms with Gasteiger partial charge >= 0.3 is 0 Å². The third-order valence-electron chi connectivity index (χ3n) is 4.57. The van der Waals surface area contributed by atoms with E-state index < -0.39 is 6.10 Å². The Hall–Kier alpha value is -1.88. The van der Waals surface area contributed by atoms with Crippen LogP contribution in [-0.2, 0) is 16.0 Å². The van der Waals surface area contributed by atoms with Gasteiger partial charge in [0.2, 0.25) is 11.8 Å². The maximum absolute atomic E-state index is 12.2. The number of likely N-dealkylation sites (tertiary alicyclic amines) is 1. The second kappa shape index (κ2) is 6.48. The largest absolute Gasteiger partial charge is 0.391 e. The first-order chi connectivity index (χ1) is 10.6. The second-order valence-electron chi connectivity index (χ2n) is 6.22. The van der Waals surface area contributed by atoms with Crippen LogP contribution in [0.4, 0.5) is 5.69 Å². The molecule has 118 valence electrons. The number of rotatable bonds is 3. The minimum absolute atomic E-state index is 0.00480. The number of aliphatic hydroxyl groups excluding tert-OH is 1. The highest BCUT2D eigenvalue weighted by Crippen LogP contribution is 2.27. The zero-order chi connectivity index (χ0) is 15.5. The monoisotopic (exact) mass is 302 g/mol. The first-order valence-corrected chi connectivity index (χ1v) is 7.98. The summed E-state index contributed by atoms with van der Waals surface area (Å²) in [5.41, 5.74) is 2.02. The summed E-state index contributed by atoms with van der Waals surface area (Å²) in [5.74, 6) is -0.0934. The maximum Gasteiger partial charge on any atom is 0.227 e. The van der Waals surface area contributed by atoms with Crippen molar-refractivity contribution < 1.29 is 14.7 Å². The Morgan fingerprint density at radius 3 is 3.00 bits per heavy atom. The molecule has 0 aliphatic carbocycles. The fourth-order valence-corrected chi connectivity index (χ4v) is 3.28. The van der Waals surface area contributed by atoms with Crippen molar-refractivity contribution in [3.63, 3.8) is 0 Å². The van der Waals surface area contributed by atoms with E-state index in [0.29, 0.717) is 25.8 Å². The Morgan fingerprint density at radius 2 is 2.18 bits per heavy atom. The third-order valence-corrected chi connectivity index (χ3v) is 4.57. The Bertz CT molecular complexity index is 573. The van der Waals surface area contributed by atoms with Gasteiger partial charge in [-0.25, -0.2) is 0 Å². The van der Waals surface area contributed by atoms with Gasteiger partial charge < -0.3 is 15.3 Å². The summed E-state index contributed by atoms with van der Waals surface area (Å²) in [4.78, 5) is 26.1. The van der Waals surface area contributed by atoms with Gasteiger partial charge in [-0.1, -0.05) is 18.2 Å². The van der Waals surface area contributed by atoms with Gasteiger partial charge in [-0.3, -0.25) is 9.59 Å². The number of hydrogen-bond donors (Lipinski definition) is 2. The topological polar surface area (TPSA) is 69.6 Å². The number of aliphatic hydroxyl groups is 1. The summed E-state index contributed by atoms with van der Waals surface area (Å²) in [7, 11) is 0.